The first-order chi connectivity index (χ1) is 11.8. The smallest absolute Gasteiger partial charge is 0.227 e. The van der Waals surface area contributed by atoms with Crippen molar-refractivity contribution in [2.45, 2.75) is 86.1 Å². The molecular weight excluding hydrogens is 306 g/mol. The van der Waals surface area contributed by atoms with Gasteiger partial charge in [0, 0.05) is 6.04 Å². The van der Waals surface area contributed by atoms with Crippen molar-refractivity contribution in [3.8, 4) is 0 Å². The van der Waals surface area contributed by atoms with E-state index in [0.717, 1.165) is 31.2 Å². The van der Waals surface area contributed by atoms with Crippen molar-refractivity contribution in [2.75, 3.05) is 0 Å². The molecule has 0 spiro atoms. The highest BCUT2D eigenvalue weighted by molar-refractivity contribution is 5.83. The first-order valence-corrected chi connectivity index (χ1v) is 10.2. The van der Waals surface area contributed by atoms with Gasteiger partial charge in [0.25, 0.3) is 0 Å². The Labute approximate surface area is 155 Å². The van der Waals surface area contributed by atoms with Gasteiger partial charge in [-0.15, -0.1) is 0 Å². The van der Waals surface area contributed by atoms with Crippen LogP contribution in [-0.2, 0) is 11.2 Å². The van der Waals surface area contributed by atoms with E-state index in [2.05, 4.69) is 71.1 Å². The monoisotopic (exact) mass is 345 g/mol. The van der Waals surface area contributed by atoms with Gasteiger partial charge in [-0.05, 0) is 48.6 Å². The van der Waals surface area contributed by atoms with Crippen molar-refractivity contribution >= 4 is 5.91 Å². The van der Waals surface area contributed by atoms with E-state index in [4.69, 9.17) is 0 Å². The SMILES string of the molecule is CCCC(C)C(NC(=O)C(C)c1ccc(CC(C)C)cc1)C(C)CC. The maximum Gasteiger partial charge on any atom is 0.227 e. The van der Waals surface area contributed by atoms with E-state index in [0.29, 0.717) is 17.8 Å². The third kappa shape index (κ3) is 6.84. The second-order valence-corrected chi connectivity index (χ2v) is 8.25. The van der Waals surface area contributed by atoms with Crippen molar-refractivity contribution in [2.24, 2.45) is 17.8 Å². The molecule has 4 unspecified atom stereocenters. The van der Waals surface area contributed by atoms with Crippen LogP contribution < -0.4 is 5.32 Å². The van der Waals surface area contributed by atoms with E-state index < -0.39 is 0 Å². The van der Waals surface area contributed by atoms with E-state index in [1.54, 1.807) is 0 Å². The van der Waals surface area contributed by atoms with E-state index in [1.807, 2.05) is 6.92 Å². The molecule has 1 aromatic rings. The lowest BCUT2D eigenvalue weighted by molar-refractivity contribution is -0.123. The molecule has 142 valence electrons. The van der Waals surface area contributed by atoms with Gasteiger partial charge in [-0.2, -0.15) is 0 Å². The van der Waals surface area contributed by atoms with Crippen molar-refractivity contribution in [1.82, 2.24) is 5.32 Å². The molecule has 1 N–H and O–H groups in total. The minimum Gasteiger partial charge on any atom is -0.352 e. The first kappa shape index (κ1) is 21.7. The number of carbonyl (C=O) groups excluding carboxylic acids is 1. The van der Waals surface area contributed by atoms with E-state index >= 15 is 0 Å². The molecule has 0 fully saturated rings. The van der Waals surface area contributed by atoms with Crippen molar-refractivity contribution in [3.63, 3.8) is 0 Å². The van der Waals surface area contributed by atoms with E-state index in [1.165, 1.54) is 5.56 Å². The highest BCUT2D eigenvalue weighted by Gasteiger charge is 2.26. The summed E-state index contributed by atoms with van der Waals surface area (Å²) in [5.74, 6) is 1.73. The fraction of sp³-hybridized carbons (Fsp3) is 0.696. The van der Waals surface area contributed by atoms with Crippen LogP contribution in [0.4, 0.5) is 0 Å². The second kappa shape index (κ2) is 10.6. The molecule has 2 nitrogen and oxygen atoms in total. The maximum absolute atomic E-state index is 12.8. The number of nitrogens with one attached hydrogen (secondary N) is 1. The van der Waals surface area contributed by atoms with Gasteiger partial charge < -0.3 is 5.32 Å². The predicted molar refractivity (Wildman–Crippen MR) is 109 cm³/mol. The summed E-state index contributed by atoms with van der Waals surface area (Å²) in [6.07, 6.45) is 4.51. The maximum atomic E-state index is 12.8. The lowest BCUT2D eigenvalue weighted by Crippen LogP contribution is -2.45. The Morgan fingerprint density at radius 3 is 2.04 bits per heavy atom. The Morgan fingerprint density at radius 1 is 0.960 bits per heavy atom. The molecule has 0 aliphatic rings. The fourth-order valence-corrected chi connectivity index (χ4v) is 3.59. The molecule has 0 radical (unpaired) electrons. The fourth-order valence-electron chi connectivity index (χ4n) is 3.59. The summed E-state index contributed by atoms with van der Waals surface area (Å²) in [5.41, 5.74) is 2.46. The van der Waals surface area contributed by atoms with Crippen LogP contribution in [0.5, 0.6) is 0 Å². The average Bonchev–Trinajstić information content (AvgIpc) is 2.58. The molecule has 4 atom stereocenters. The number of hydrogen-bond acceptors (Lipinski definition) is 1. The molecule has 0 saturated carbocycles. The summed E-state index contributed by atoms with van der Waals surface area (Å²) in [4.78, 5) is 12.8. The zero-order chi connectivity index (χ0) is 19.0. The van der Waals surface area contributed by atoms with Gasteiger partial charge in [0.15, 0.2) is 0 Å². The second-order valence-electron chi connectivity index (χ2n) is 8.25. The Balaban J connectivity index is 2.78. The first-order valence-electron chi connectivity index (χ1n) is 10.2. The normalized spacial score (nSPS) is 16.3. The van der Waals surface area contributed by atoms with Gasteiger partial charge in [0.05, 0.1) is 5.92 Å². The van der Waals surface area contributed by atoms with Crippen LogP contribution in [0.15, 0.2) is 24.3 Å². The van der Waals surface area contributed by atoms with Crippen molar-refractivity contribution < 1.29 is 4.79 Å². The third-order valence-corrected chi connectivity index (χ3v) is 5.44. The van der Waals surface area contributed by atoms with Crippen LogP contribution in [0.3, 0.4) is 0 Å². The standard InChI is InChI=1S/C23H39NO/c1-8-10-18(6)22(17(5)9-2)24-23(25)19(7)21-13-11-20(12-14-21)15-16(3)4/h11-14,16-19,22H,8-10,15H2,1-7H3,(H,24,25). The minimum atomic E-state index is -0.103. The van der Waals surface area contributed by atoms with Crippen LogP contribution >= 0.6 is 0 Å². The zero-order valence-electron chi connectivity index (χ0n) is 17.4. The summed E-state index contributed by atoms with van der Waals surface area (Å²) in [6.45, 7) is 15.4. The number of hydrogen-bond donors (Lipinski definition) is 1. The number of benzene rings is 1. The summed E-state index contributed by atoms with van der Waals surface area (Å²) in [5, 5.41) is 3.36. The molecule has 1 amide bonds. The van der Waals surface area contributed by atoms with Crippen LogP contribution in [0.2, 0.25) is 0 Å². The topological polar surface area (TPSA) is 29.1 Å². The molecule has 25 heavy (non-hydrogen) atoms. The summed E-state index contributed by atoms with van der Waals surface area (Å²) in [7, 11) is 0. The molecule has 0 aliphatic heterocycles. The Hall–Kier alpha value is -1.31. The van der Waals surface area contributed by atoms with E-state index in [-0.39, 0.29) is 17.9 Å². The molecule has 0 saturated heterocycles. The summed E-state index contributed by atoms with van der Waals surface area (Å²) in [6, 6.07) is 8.85. The molecule has 2 heteroatoms. The van der Waals surface area contributed by atoms with Crippen LogP contribution in [0.25, 0.3) is 0 Å². The summed E-state index contributed by atoms with van der Waals surface area (Å²) < 4.78 is 0. The number of amides is 1. The molecule has 0 heterocycles. The highest BCUT2D eigenvalue weighted by Crippen LogP contribution is 2.23. The lowest BCUT2D eigenvalue weighted by Gasteiger charge is -2.31. The van der Waals surface area contributed by atoms with Gasteiger partial charge in [0.2, 0.25) is 5.91 Å². The zero-order valence-corrected chi connectivity index (χ0v) is 17.4. The quantitative estimate of drug-likeness (QED) is 0.557. The number of carbonyl (C=O) groups is 1. The van der Waals surface area contributed by atoms with Crippen molar-refractivity contribution in [1.29, 1.82) is 0 Å². The van der Waals surface area contributed by atoms with Gasteiger partial charge in [-0.3, -0.25) is 4.79 Å². The molecule has 0 aliphatic carbocycles. The summed E-state index contributed by atoms with van der Waals surface area (Å²) >= 11 is 0. The molecular formula is C23H39NO. The van der Waals surface area contributed by atoms with Gasteiger partial charge >= 0.3 is 0 Å². The largest absolute Gasteiger partial charge is 0.352 e. The molecule has 1 aromatic carbocycles. The lowest BCUT2D eigenvalue weighted by atomic mass is 9.85. The van der Waals surface area contributed by atoms with Crippen LogP contribution in [0, 0.1) is 17.8 Å². The highest BCUT2D eigenvalue weighted by atomic mass is 16.1. The van der Waals surface area contributed by atoms with Crippen molar-refractivity contribution in [3.05, 3.63) is 35.4 Å². The average molecular weight is 346 g/mol. The minimum absolute atomic E-state index is 0.103. The third-order valence-electron chi connectivity index (χ3n) is 5.44. The van der Waals surface area contributed by atoms with Gasteiger partial charge in [-0.25, -0.2) is 0 Å². The molecule has 0 bridgehead atoms. The van der Waals surface area contributed by atoms with Gasteiger partial charge in [0.1, 0.15) is 0 Å². The van der Waals surface area contributed by atoms with Gasteiger partial charge in [-0.1, -0.05) is 78.6 Å². The van der Waals surface area contributed by atoms with E-state index in [9.17, 15) is 4.79 Å². The Bertz CT molecular complexity index is 505. The Kier molecular flexibility index (Phi) is 9.24. The van der Waals surface area contributed by atoms with Crippen LogP contribution in [-0.4, -0.2) is 11.9 Å². The number of rotatable bonds is 10. The Morgan fingerprint density at radius 2 is 1.56 bits per heavy atom. The molecule has 0 aromatic heterocycles. The van der Waals surface area contributed by atoms with Crippen LogP contribution in [0.1, 0.15) is 84.8 Å². The molecule has 1 rings (SSSR count). The predicted octanol–water partition coefficient (Wildman–Crippen LogP) is 5.96.